The van der Waals surface area contributed by atoms with Crippen LogP contribution >= 0.6 is 0 Å². The van der Waals surface area contributed by atoms with Gasteiger partial charge in [0.15, 0.2) is 23.1 Å². The van der Waals surface area contributed by atoms with Gasteiger partial charge in [0.2, 0.25) is 6.79 Å². The first-order valence-corrected chi connectivity index (χ1v) is 10.8. The van der Waals surface area contributed by atoms with E-state index >= 15 is 0 Å². The molecule has 1 amide bonds. The Balaban J connectivity index is 1.17. The highest BCUT2D eigenvalue weighted by Crippen LogP contribution is 2.33. The number of piperazine rings is 1. The zero-order chi connectivity index (χ0) is 23.5. The molecule has 3 aromatic rings. The van der Waals surface area contributed by atoms with Crippen molar-refractivity contribution in [3.63, 3.8) is 0 Å². The number of carbonyl (C=O) groups is 1. The molecule has 34 heavy (non-hydrogen) atoms. The molecule has 2 aliphatic rings. The van der Waals surface area contributed by atoms with Crippen molar-refractivity contribution in [2.45, 2.75) is 6.54 Å². The summed E-state index contributed by atoms with van der Waals surface area (Å²) >= 11 is 0. The molecule has 2 aromatic carbocycles. The summed E-state index contributed by atoms with van der Waals surface area (Å²) in [6.45, 7) is 4.24. The van der Waals surface area contributed by atoms with Crippen molar-refractivity contribution in [3.05, 3.63) is 65.7 Å². The standard InChI is InChI=1S/C23H24FN7O3/c24-17-4-2-16(3-5-17)23(32)29-28-21-20(25)22(27-13-26-21)31-9-7-30(8-10-31)12-15-1-6-18-19(11-15)34-14-33-18/h1-6,11,13H,7-10,12,14,25H2,(H,29,32)(H,26,27,28). The molecule has 1 saturated heterocycles. The fourth-order valence-corrected chi connectivity index (χ4v) is 3.94. The zero-order valence-corrected chi connectivity index (χ0v) is 18.3. The second kappa shape index (κ2) is 9.40. The Morgan fingerprint density at radius 1 is 1.03 bits per heavy atom. The van der Waals surface area contributed by atoms with E-state index in [9.17, 15) is 9.18 Å². The average Bonchev–Trinajstić information content (AvgIpc) is 3.32. The molecule has 1 aromatic heterocycles. The van der Waals surface area contributed by atoms with Gasteiger partial charge in [0.1, 0.15) is 17.8 Å². The molecular formula is C23H24FN7O3. The number of anilines is 3. The third kappa shape index (κ3) is 4.64. The van der Waals surface area contributed by atoms with Crippen LogP contribution in [0.1, 0.15) is 15.9 Å². The maximum Gasteiger partial charge on any atom is 0.269 e. The number of hydrogen-bond acceptors (Lipinski definition) is 9. The van der Waals surface area contributed by atoms with Gasteiger partial charge in [0.25, 0.3) is 5.91 Å². The molecule has 176 valence electrons. The fraction of sp³-hybridized carbons (Fsp3) is 0.261. The normalized spacial score (nSPS) is 15.3. The van der Waals surface area contributed by atoms with Crippen molar-refractivity contribution in [1.29, 1.82) is 0 Å². The molecule has 0 saturated carbocycles. The second-order valence-corrected chi connectivity index (χ2v) is 8.00. The molecule has 2 aliphatic heterocycles. The number of nitrogens with two attached hydrogens (primary N) is 1. The summed E-state index contributed by atoms with van der Waals surface area (Å²) in [6.07, 6.45) is 1.40. The van der Waals surface area contributed by atoms with E-state index in [-0.39, 0.29) is 6.79 Å². The molecule has 0 spiro atoms. The predicted molar refractivity (Wildman–Crippen MR) is 124 cm³/mol. The lowest BCUT2D eigenvalue weighted by Gasteiger charge is -2.36. The number of ether oxygens (including phenoxy) is 2. The second-order valence-electron chi connectivity index (χ2n) is 8.00. The Morgan fingerprint density at radius 3 is 2.59 bits per heavy atom. The van der Waals surface area contributed by atoms with E-state index in [0.717, 1.165) is 44.2 Å². The van der Waals surface area contributed by atoms with Gasteiger partial charge in [-0.25, -0.2) is 14.4 Å². The zero-order valence-electron chi connectivity index (χ0n) is 18.3. The number of nitrogens with one attached hydrogen (secondary N) is 2. The molecule has 5 rings (SSSR count). The summed E-state index contributed by atoms with van der Waals surface area (Å²) in [5.74, 6) is 1.63. The Bertz CT molecular complexity index is 1180. The SMILES string of the molecule is Nc1c(NNC(=O)c2ccc(F)cc2)ncnc1N1CCN(Cc2ccc3c(c2)OCO3)CC1. The number of carbonyl (C=O) groups excluding carboxylic acids is 1. The maximum absolute atomic E-state index is 13.1. The Kier molecular flexibility index (Phi) is 6.00. The summed E-state index contributed by atoms with van der Waals surface area (Å²) < 4.78 is 23.9. The van der Waals surface area contributed by atoms with Gasteiger partial charge in [-0.1, -0.05) is 6.07 Å². The van der Waals surface area contributed by atoms with Gasteiger partial charge in [0, 0.05) is 38.3 Å². The van der Waals surface area contributed by atoms with Crippen LogP contribution in [-0.4, -0.2) is 53.7 Å². The summed E-state index contributed by atoms with van der Waals surface area (Å²) in [4.78, 5) is 25.2. The highest BCUT2D eigenvalue weighted by molar-refractivity contribution is 5.95. The number of rotatable bonds is 6. The minimum absolute atomic E-state index is 0.268. The third-order valence-electron chi connectivity index (χ3n) is 5.78. The minimum atomic E-state index is -0.434. The van der Waals surface area contributed by atoms with Crippen LogP contribution in [0.3, 0.4) is 0 Å². The van der Waals surface area contributed by atoms with Crippen LogP contribution in [0.5, 0.6) is 11.5 Å². The predicted octanol–water partition coefficient (Wildman–Crippen LogP) is 2.01. The lowest BCUT2D eigenvalue weighted by molar-refractivity contribution is 0.0962. The molecule has 11 heteroatoms. The van der Waals surface area contributed by atoms with Crippen LogP contribution in [0, 0.1) is 5.82 Å². The smallest absolute Gasteiger partial charge is 0.269 e. The van der Waals surface area contributed by atoms with Gasteiger partial charge in [-0.05, 0) is 42.0 Å². The third-order valence-corrected chi connectivity index (χ3v) is 5.78. The topological polar surface area (TPSA) is 118 Å². The first-order valence-electron chi connectivity index (χ1n) is 10.8. The largest absolute Gasteiger partial charge is 0.454 e. The quantitative estimate of drug-likeness (QED) is 0.470. The van der Waals surface area contributed by atoms with Gasteiger partial charge >= 0.3 is 0 Å². The molecule has 3 heterocycles. The van der Waals surface area contributed by atoms with Gasteiger partial charge < -0.3 is 20.1 Å². The monoisotopic (exact) mass is 465 g/mol. The van der Waals surface area contributed by atoms with Crippen molar-refractivity contribution in [3.8, 4) is 11.5 Å². The molecule has 0 radical (unpaired) electrons. The van der Waals surface area contributed by atoms with E-state index in [1.165, 1.54) is 36.2 Å². The van der Waals surface area contributed by atoms with Gasteiger partial charge in [0.05, 0.1) is 0 Å². The van der Waals surface area contributed by atoms with E-state index in [4.69, 9.17) is 15.2 Å². The first-order chi connectivity index (χ1) is 16.6. The van der Waals surface area contributed by atoms with Gasteiger partial charge in [-0.15, -0.1) is 0 Å². The van der Waals surface area contributed by atoms with Crippen molar-refractivity contribution in [2.75, 3.05) is 49.0 Å². The van der Waals surface area contributed by atoms with Gasteiger partial charge in [-0.2, -0.15) is 0 Å². The van der Waals surface area contributed by atoms with Crippen molar-refractivity contribution in [1.82, 2.24) is 20.3 Å². The van der Waals surface area contributed by atoms with Crippen molar-refractivity contribution < 1.29 is 18.7 Å². The van der Waals surface area contributed by atoms with Crippen molar-refractivity contribution >= 4 is 23.2 Å². The molecule has 0 atom stereocenters. The van der Waals surface area contributed by atoms with Gasteiger partial charge in [-0.3, -0.25) is 20.5 Å². The molecule has 0 aliphatic carbocycles. The number of benzene rings is 2. The number of halogens is 1. The van der Waals surface area contributed by atoms with E-state index in [1.807, 2.05) is 12.1 Å². The Morgan fingerprint density at radius 2 is 1.79 bits per heavy atom. The average molecular weight is 465 g/mol. The minimum Gasteiger partial charge on any atom is -0.454 e. The van der Waals surface area contributed by atoms with E-state index < -0.39 is 11.7 Å². The van der Waals surface area contributed by atoms with Crippen LogP contribution < -0.4 is 31.0 Å². The van der Waals surface area contributed by atoms with Crippen LogP contribution in [0.2, 0.25) is 0 Å². The highest BCUT2D eigenvalue weighted by atomic mass is 19.1. The van der Waals surface area contributed by atoms with Crippen LogP contribution in [0.4, 0.5) is 21.7 Å². The fourth-order valence-electron chi connectivity index (χ4n) is 3.94. The van der Waals surface area contributed by atoms with E-state index in [2.05, 4.69) is 36.7 Å². The number of nitrogens with zero attached hydrogens (tertiary/aromatic N) is 4. The highest BCUT2D eigenvalue weighted by Gasteiger charge is 2.22. The summed E-state index contributed by atoms with van der Waals surface area (Å²) in [7, 11) is 0. The number of nitrogen functional groups attached to an aromatic ring is 1. The van der Waals surface area contributed by atoms with E-state index in [0.29, 0.717) is 22.9 Å². The Hall–Kier alpha value is -4.12. The molecule has 10 nitrogen and oxygen atoms in total. The number of hydrogen-bond donors (Lipinski definition) is 3. The summed E-state index contributed by atoms with van der Waals surface area (Å²) in [5, 5.41) is 0. The molecule has 0 bridgehead atoms. The maximum atomic E-state index is 13.1. The first kappa shape index (κ1) is 21.7. The molecule has 0 unspecified atom stereocenters. The van der Waals surface area contributed by atoms with Crippen LogP contribution in [0.25, 0.3) is 0 Å². The van der Waals surface area contributed by atoms with E-state index in [1.54, 1.807) is 0 Å². The number of fused-ring (bicyclic) bond motifs is 1. The molecule has 1 fully saturated rings. The van der Waals surface area contributed by atoms with Crippen molar-refractivity contribution in [2.24, 2.45) is 0 Å². The summed E-state index contributed by atoms with van der Waals surface area (Å²) in [6, 6.07) is 11.2. The number of aromatic nitrogens is 2. The number of hydrazine groups is 1. The molecular weight excluding hydrogens is 441 g/mol. The summed E-state index contributed by atoms with van der Waals surface area (Å²) in [5.41, 5.74) is 13.4. The Labute approximate surface area is 195 Å². The lowest BCUT2D eigenvalue weighted by Crippen LogP contribution is -2.46. The van der Waals surface area contributed by atoms with Crippen LogP contribution in [-0.2, 0) is 6.54 Å². The molecule has 4 N–H and O–H groups in total. The van der Waals surface area contributed by atoms with Crippen LogP contribution in [0.15, 0.2) is 48.8 Å². The number of amides is 1. The lowest BCUT2D eigenvalue weighted by atomic mass is 10.1.